The summed E-state index contributed by atoms with van der Waals surface area (Å²) in [5.74, 6) is 0.763. The average Bonchev–Trinajstić information content (AvgIpc) is 2.92. The van der Waals surface area contributed by atoms with Crippen molar-refractivity contribution in [3.05, 3.63) is 39.9 Å². The van der Waals surface area contributed by atoms with Crippen LogP contribution in [0.25, 0.3) is 0 Å². The zero-order chi connectivity index (χ0) is 13.5. The molecule has 1 aliphatic heterocycles. The summed E-state index contributed by atoms with van der Waals surface area (Å²) in [6.45, 7) is 3.73. The Balaban J connectivity index is 1.61. The van der Waals surface area contributed by atoms with E-state index in [0.717, 1.165) is 44.0 Å². The maximum Gasteiger partial charge on any atom is 0.269 e. The molecule has 0 bridgehead atoms. The van der Waals surface area contributed by atoms with E-state index in [1.54, 1.807) is 24.3 Å². The molecule has 1 aliphatic rings. The Morgan fingerprint density at radius 2 is 2.11 bits per heavy atom. The number of rotatable bonds is 7. The molecular weight excluding hydrogens is 244 g/mol. The van der Waals surface area contributed by atoms with Gasteiger partial charge < -0.3 is 10.1 Å². The summed E-state index contributed by atoms with van der Waals surface area (Å²) in [4.78, 5) is 10.1. The third-order valence-corrected chi connectivity index (χ3v) is 3.52. The largest absolute Gasteiger partial charge is 0.381 e. The Kier molecular flexibility index (Phi) is 5.30. The number of nitrogens with one attached hydrogen (secondary N) is 1. The van der Waals surface area contributed by atoms with Gasteiger partial charge in [0.25, 0.3) is 5.69 Å². The lowest BCUT2D eigenvalue weighted by atomic mass is 10.1. The highest BCUT2D eigenvalue weighted by Gasteiger charge is 2.13. The molecule has 1 aromatic carbocycles. The van der Waals surface area contributed by atoms with Gasteiger partial charge in [0.1, 0.15) is 0 Å². The highest BCUT2D eigenvalue weighted by Crippen LogP contribution is 2.13. The number of benzene rings is 1. The van der Waals surface area contributed by atoms with Gasteiger partial charge in [0, 0.05) is 18.7 Å². The van der Waals surface area contributed by atoms with E-state index in [1.807, 2.05) is 0 Å². The molecule has 1 fully saturated rings. The number of nitrogens with zero attached hydrogens (tertiary/aromatic N) is 1. The lowest BCUT2D eigenvalue weighted by molar-refractivity contribution is -0.384. The molecule has 0 amide bonds. The predicted molar refractivity (Wildman–Crippen MR) is 73.2 cm³/mol. The first-order valence-corrected chi connectivity index (χ1v) is 6.77. The second-order valence-electron chi connectivity index (χ2n) is 4.93. The van der Waals surface area contributed by atoms with Crippen molar-refractivity contribution in [1.82, 2.24) is 5.32 Å². The van der Waals surface area contributed by atoms with Gasteiger partial charge in [-0.2, -0.15) is 0 Å². The van der Waals surface area contributed by atoms with Gasteiger partial charge in [0.15, 0.2) is 0 Å². The Morgan fingerprint density at radius 1 is 1.32 bits per heavy atom. The Labute approximate surface area is 113 Å². The predicted octanol–water partition coefficient (Wildman–Crippen LogP) is 2.15. The topological polar surface area (TPSA) is 64.4 Å². The van der Waals surface area contributed by atoms with Crippen LogP contribution in [0.15, 0.2) is 24.3 Å². The quantitative estimate of drug-likeness (QED) is 0.465. The van der Waals surface area contributed by atoms with Crippen molar-refractivity contribution in [3.8, 4) is 0 Å². The Morgan fingerprint density at radius 3 is 2.74 bits per heavy atom. The van der Waals surface area contributed by atoms with Gasteiger partial charge in [-0.05, 0) is 43.8 Å². The second kappa shape index (κ2) is 7.21. The average molecular weight is 264 g/mol. The van der Waals surface area contributed by atoms with Crippen LogP contribution in [0.4, 0.5) is 5.69 Å². The number of ether oxygens (including phenoxy) is 1. The van der Waals surface area contributed by atoms with E-state index < -0.39 is 0 Å². The summed E-state index contributed by atoms with van der Waals surface area (Å²) in [6.07, 6.45) is 3.18. The number of nitro benzene ring substituents is 1. The molecule has 104 valence electrons. The molecule has 0 radical (unpaired) electrons. The van der Waals surface area contributed by atoms with E-state index in [2.05, 4.69) is 5.32 Å². The standard InChI is InChI=1S/C14H20N2O3/c17-16(18)14-3-1-12(2-4-14)6-9-19-10-7-13-5-8-15-11-13/h1-4,13,15H,5-11H2. The first-order valence-electron chi connectivity index (χ1n) is 6.77. The normalized spacial score (nSPS) is 18.6. The molecule has 1 unspecified atom stereocenters. The Hall–Kier alpha value is -1.46. The first kappa shape index (κ1) is 14.0. The van der Waals surface area contributed by atoms with Crippen LogP contribution in [0, 0.1) is 16.0 Å². The first-order chi connectivity index (χ1) is 9.25. The molecule has 0 aromatic heterocycles. The molecule has 19 heavy (non-hydrogen) atoms. The molecule has 1 atom stereocenters. The summed E-state index contributed by atoms with van der Waals surface area (Å²) in [6, 6.07) is 6.67. The summed E-state index contributed by atoms with van der Waals surface area (Å²) in [5.41, 5.74) is 1.21. The van der Waals surface area contributed by atoms with E-state index in [4.69, 9.17) is 4.74 Å². The lowest BCUT2D eigenvalue weighted by Gasteiger charge is -2.08. The number of non-ortho nitro benzene ring substituents is 1. The second-order valence-corrected chi connectivity index (χ2v) is 4.93. The number of hydrogen-bond donors (Lipinski definition) is 1. The van der Waals surface area contributed by atoms with Gasteiger partial charge in [0.2, 0.25) is 0 Å². The summed E-state index contributed by atoms with van der Waals surface area (Å²) in [5, 5.41) is 13.9. The lowest BCUT2D eigenvalue weighted by Crippen LogP contribution is -2.11. The van der Waals surface area contributed by atoms with Crippen molar-refractivity contribution in [3.63, 3.8) is 0 Å². The monoisotopic (exact) mass is 264 g/mol. The van der Waals surface area contributed by atoms with Crippen LogP contribution in [0.5, 0.6) is 0 Å². The minimum absolute atomic E-state index is 0.137. The van der Waals surface area contributed by atoms with E-state index in [9.17, 15) is 10.1 Å². The number of nitro groups is 1. The fourth-order valence-corrected chi connectivity index (χ4v) is 2.29. The van der Waals surface area contributed by atoms with Crippen molar-refractivity contribution < 1.29 is 9.66 Å². The van der Waals surface area contributed by atoms with E-state index >= 15 is 0 Å². The molecule has 1 N–H and O–H groups in total. The minimum atomic E-state index is -0.379. The van der Waals surface area contributed by atoms with Crippen LogP contribution in [-0.2, 0) is 11.2 Å². The van der Waals surface area contributed by atoms with Crippen LogP contribution >= 0.6 is 0 Å². The number of hydrogen-bond acceptors (Lipinski definition) is 4. The fourth-order valence-electron chi connectivity index (χ4n) is 2.29. The molecule has 1 heterocycles. The molecule has 0 aliphatic carbocycles. The van der Waals surface area contributed by atoms with Crippen LogP contribution in [0.3, 0.4) is 0 Å². The molecule has 0 spiro atoms. The van der Waals surface area contributed by atoms with Gasteiger partial charge in [-0.25, -0.2) is 0 Å². The summed E-state index contributed by atoms with van der Waals surface area (Å²) in [7, 11) is 0. The molecule has 1 aromatic rings. The van der Waals surface area contributed by atoms with Crippen LogP contribution in [-0.4, -0.2) is 31.2 Å². The van der Waals surface area contributed by atoms with E-state index in [1.165, 1.54) is 6.42 Å². The smallest absolute Gasteiger partial charge is 0.269 e. The van der Waals surface area contributed by atoms with Crippen LogP contribution < -0.4 is 5.32 Å². The zero-order valence-corrected chi connectivity index (χ0v) is 11.0. The maximum absolute atomic E-state index is 10.5. The zero-order valence-electron chi connectivity index (χ0n) is 11.0. The van der Waals surface area contributed by atoms with Crippen LogP contribution in [0.1, 0.15) is 18.4 Å². The third kappa shape index (κ3) is 4.61. The van der Waals surface area contributed by atoms with Gasteiger partial charge in [-0.3, -0.25) is 10.1 Å². The molecule has 2 rings (SSSR count). The third-order valence-electron chi connectivity index (χ3n) is 3.52. The van der Waals surface area contributed by atoms with Crippen LogP contribution in [0.2, 0.25) is 0 Å². The molecular formula is C14H20N2O3. The van der Waals surface area contributed by atoms with Crippen molar-refractivity contribution in [2.45, 2.75) is 19.3 Å². The van der Waals surface area contributed by atoms with Gasteiger partial charge in [0.05, 0.1) is 11.5 Å². The highest BCUT2D eigenvalue weighted by atomic mass is 16.6. The fraction of sp³-hybridized carbons (Fsp3) is 0.571. The molecule has 1 saturated heterocycles. The highest BCUT2D eigenvalue weighted by molar-refractivity contribution is 5.32. The SMILES string of the molecule is O=[N+]([O-])c1ccc(CCOCCC2CCNC2)cc1. The summed E-state index contributed by atoms with van der Waals surface area (Å²) < 4.78 is 5.62. The van der Waals surface area contributed by atoms with Gasteiger partial charge in [-0.15, -0.1) is 0 Å². The van der Waals surface area contributed by atoms with E-state index in [-0.39, 0.29) is 10.6 Å². The maximum atomic E-state index is 10.5. The van der Waals surface area contributed by atoms with Crippen molar-refractivity contribution in [2.75, 3.05) is 26.3 Å². The van der Waals surface area contributed by atoms with E-state index in [0.29, 0.717) is 6.61 Å². The molecule has 5 heteroatoms. The van der Waals surface area contributed by atoms with Crippen molar-refractivity contribution in [1.29, 1.82) is 0 Å². The van der Waals surface area contributed by atoms with Gasteiger partial charge in [-0.1, -0.05) is 12.1 Å². The Bertz CT molecular complexity index is 400. The molecule has 5 nitrogen and oxygen atoms in total. The minimum Gasteiger partial charge on any atom is -0.381 e. The van der Waals surface area contributed by atoms with Crippen molar-refractivity contribution in [2.24, 2.45) is 5.92 Å². The van der Waals surface area contributed by atoms with Gasteiger partial charge >= 0.3 is 0 Å². The summed E-state index contributed by atoms with van der Waals surface area (Å²) >= 11 is 0. The van der Waals surface area contributed by atoms with Crippen molar-refractivity contribution >= 4 is 5.69 Å². The molecule has 0 saturated carbocycles.